The van der Waals surface area contributed by atoms with E-state index < -0.39 is 0 Å². The van der Waals surface area contributed by atoms with Crippen LogP contribution in [0.2, 0.25) is 0 Å². The van der Waals surface area contributed by atoms with Crippen molar-refractivity contribution in [3.63, 3.8) is 0 Å². The van der Waals surface area contributed by atoms with Gasteiger partial charge in [0.25, 0.3) is 0 Å². The Bertz CT molecular complexity index is 452. The van der Waals surface area contributed by atoms with Gasteiger partial charge in [-0.3, -0.25) is 0 Å². The van der Waals surface area contributed by atoms with Crippen molar-refractivity contribution in [3.8, 4) is 0 Å². The van der Waals surface area contributed by atoms with Gasteiger partial charge in [0.15, 0.2) is 0 Å². The molecule has 3 rings (SSSR count). The highest BCUT2D eigenvalue weighted by Gasteiger charge is 2.16. The van der Waals surface area contributed by atoms with E-state index in [0.717, 1.165) is 6.54 Å². The van der Waals surface area contributed by atoms with E-state index >= 15 is 0 Å². The van der Waals surface area contributed by atoms with E-state index in [1.54, 1.807) is 0 Å². The Balaban J connectivity index is 1.61. The SMILES string of the molecule is CC1CCc2cc(N(C)CCN3CCCC3)ccc2N1. The maximum atomic E-state index is 3.58. The van der Waals surface area contributed by atoms with Gasteiger partial charge in [-0.25, -0.2) is 0 Å². The van der Waals surface area contributed by atoms with E-state index in [1.165, 1.54) is 62.3 Å². The number of aryl methyl sites for hydroxylation is 1. The van der Waals surface area contributed by atoms with Gasteiger partial charge in [-0.2, -0.15) is 0 Å². The Morgan fingerprint density at radius 3 is 2.90 bits per heavy atom. The van der Waals surface area contributed by atoms with Gasteiger partial charge in [-0.1, -0.05) is 0 Å². The van der Waals surface area contributed by atoms with Gasteiger partial charge >= 0.3 is 0 Å². The van der Waals surface area contributed by atoms with E-state index in [1.807, 2.05) is 0 Å². The van der Waals surface area contributed by atoms with Crippen molar-refractivity contribution >= 4 is 11.4 Å². The first-order valence-corrected chi connectivity index (χ1v) is 8.05. The van der Waals surface area contributed by atoms with Gasteiger partial charge in [-0.05, 0) is 69.5 Å². The second-order valence-electron chi connectivity index (χ2n) is 6.40. The molecule has 20 heavy (non-hydrogen) atoms. The molecule has 0 aliphatic carbocycles. The van der Waals surface area contributed by atoms with Crippen LogP contribution in [0.1, 0.15) is 31.7 Å². The molecule has 2 aliphatic rings. The van der Waals surface area contributed by atoms with Crippen molar-refractivity contribution in [1.82, 2.24) is 4.90 Å². The van der Waals surface area contributed by atoms with Crippen LogP contribution in [0.4, 0.5) is 11.4 Å². The molecule has 0 spiro atoms. The van der Waals surface area contributed by atoms with E-state index in [2.05, 4.69) is 47.3 Å². The molecule has 3 heteroatoms. The molecule has 2 heterocycles. The molecule has 1 fully saturated rings. The van der Waals surface area contributed by atoms with E-state index in [9.17, 15) is 0 Å². The fraction of sp³-hybridized carbons (Fsp3) is 0.647. The number of hydrogen-bond donors (Lipinski definition) is 1. The molecular formula is C17H27N3. The Morgan fingerprint density at radius 1 is 1.30 bits per heavy atom. The molecular weight excluding hydrogens is 246 g/mol. The molecule has 3 nitrogen and oxygen atoms in total. The maximum Gasteiger partial charge on any atom is 0.0376 e. The quantitative estimate of drug-likeness (QED) is 0.910. The highest BCUT2D eigenvalue weighted by Crippen LogP contribution is 2.28. The van der Waals surface area contributed by atoms with Crippen LogP contribution in [0.15, 0.2) is 18.2 Å². The van der Waals surface area contributed by atoms with Crippen molar-refractivity contribution < 1.29 is 0 Å². The van der Waals surface area contributed by atoms with E-state index in [-0.39, 0.29) is 0 Å². The van der Waals surface area contributed by atoms with Crippen LogP contribution in [-0.4, -0.2) is 44.2 Å². The highest BCUT2D eigenvalue weighted by atomic mass is 15.2. The third kappa shape index (κ3) is 3.09. The van der Waals surface area contributed by atoms with Gasteiger partial charge in [0.05, 0.1) is 0 Å². The molecule has 1 N–H and O–H groups in total. The zero-order valence-electron chi connectivity index (χ0n) is 12.9. The molecule has 1 aromatic rings. The lowest BCUT2D eigenvalue weighted by molar-refractivity contribution is 0.346. The minimum absolute atomic E-state index is 0.612. The van der Waals surface area contributed by atoms with Crippen LogP contribution < -0.4 is 10.2 Å². The Labute approximate surface area is 123 Å². The van der Waals surface area contributed by atoms with Gasteiger partial charge < -0.3 is 15.1 Å². The minimum Gasteiger partial charge on any atom is -0.382 e. The van der Waals surface area contributed by atoms with Crippen LogP contribution in [0.25, 0.3) is 0 Å². The van der Waals surface area contributed by atoms with Crippen molar-refractivity contribution in [2.45, 2.75) is 38.6 Å². The Morgan fingerprint density at radius 2 is 2.10 bits per heavy atom. The standard InChI is InChI=1S/C17H27N3/c1-14-5-6-15-13-16(7-8-17(15)18-14)19(2)11-12-20-9-3-4-10-20/h7-8,13-14,18H,3-6,9-12H2,1-2H3. The third-order valence-corrected chi connectivity index (χ3v) is 4.73. The Kier molecular flexibility index (Phi) is 4.16. The minimum atomic E-state index is 0.612. The normalized spacial score (nSPS) is 22.4. The lowest BCUT2D eigenvalue weighted by Crippen LogP contribution is -2.31. The summed E-state index contributed by atoms with van der Waals surface area (Å²) in [4.78, 5) is 4.98. The number of hydrogen-bond acceptors (Lipinski definition) is 3. The van der Waals surface area contributed by atoms with Crippen LogP contribution in [0.3, 0.4) is 0 Å². The maximum absolute atomic E-state index is 3.58. The van der Waals surface area contributed by atoms with Crippen molar-refractivity contribution in [1.29, 1.82) is 0 Å². The van der Waals surface area contributed by atoms with Gasteiger partial charge in [0, 0.05) is 37.6 Å². The van der Waals surface area contributed by atoms with Crippen molar-refractivity contribution in [2.75, 3.05) is 43.4 Å². The first-order valence-electron chi connectivity index (χ1n) is 8.05. The second kappa shape index (κ2) is 6.04. The number of rotatable bonds is 4. The number of nitrogens with one attached hydrogen (secondary N) is 1. The predicted octanol–water partition coefficient (Wildman–Crippen LogP) is 2.97. The summed E-state index contributed by atoms with van der Waals surface area (Å²) in [5.74, 6) is 0. The van der Waals surface area contributed by atoms with Gasteiger partial charge in [0.2, 0.25) is 0 Å². The lowest BCUT2D eigenvalue weighted by atomic mass is 9.98. The molecule has 110 valence electrons. The van der Waals surface area contributed by atoms with E-state index in [0.29, 0.717) is 6.04 Å². The van der Waals surface area contributed by atoms with Crippen LogP contribution in [0, 0.1) is 0 Å². The van der Waals surface area contributed by atoms with Crippen LogP contribution in [0.5, 0.6) is 0 Å². The number of likely N-dealkylation sites (N-methyl/N-ethyl adjacent to an activating group) is 1. The topological polar surface area (TPSA) is 18.5 Å². The predicted molar refractivity (Wildman–Crippen MR) is 86.8 cm³/mol. The number of nitrogens with zero attached hydrogens (tertiary/aromatic N) is 2. The number of benzene rings is 1. The molecule has 1 atom stereocenters. The largest absolute Gasteiger partial charge is 0.382 e. The smallest absolute Gasteiger partial charge is 0.0376 e. The number of fused-ring (bicyclic) bond motifs is 1. The first kappa shape index (κ1) is 13.7. The average Bonchev–Trinajstić information content (AvgIpc) is 2.97. The summed E-state index contributed by atoms with van der Waals surface area (Å²) < 4.78 is 0. The van der Waals surface area contributed by atoms with Gasteiger partial charge in [-0.15, -0.1) is 0 Å². The molecule has 0 saturated carbocycles. The summed E-state index contributed by atoms with van der Waals surface area (Å²) in [6.07, 6.45) is 5.21. The fourth-order valence-corrected chi connectivity index (χ4v) is 3.30. The summed E-state index contributed by atoms with van der Waals surface area (Å²) >= 11 is 0. The third-order valence-electron chi connectivity index (χ3n) is 4.73. The molecule has 0 bridgehead atoms. The zero-order chi connectivity index (χ0) is 13.9. The molecule has 1 aromatic carbocycles. The molecule has 1 unspecified atom stereocenters. The fourth-order valence-electron chi connectivity index (χ4n) is 3.30. The summed E-state index contributed by atoms with van der Waals surface area (Å²) in [7, 11) is 2.22. The molecule has 2 aliphatic heterocycles. The zero-order valence-corrected chi connectivity index (χ0v) is 12.9. The summed E-state index contributed by atoms with van der Waals surface area (Å²) in [5, 5.41) is 3.58. The van der Waals surface area contributed by atoms with E-state index in [4.69, 9.17) is 0 Å². The monoisotopic (exact) mass is 273 g/mol. The van der Waals surface area contributed by atoms with Crippen molar-refractivity contribution in [2.24, 2.45) is 0 Å². The molecule has 0 radical (unpaired) electrons. The Hall–Kier alpha value is -1.22. The number of anilines is 2. The molecule has 0 amide bonds. The first-order chi connectivity index (χ1) is 9.72. The van der Waals surface area contributed by atoms with Gasteiger partial charge in [0.1, 0.15) is 0 Å². The summed E-state index contributed by atoms with van der Waals surface area (Å²) in [5.41, 5.74) is 4.17. The average molecular weight is 273 g/mol. The van der Waals surface area contributed by atoms with Crippen LogP contribution >= 0.6 is 0 Å². The highest BCUT2D eigenvalue weighted by molar-refractivity contribution is 5.62. The molecule has 1 saturated heterocycles. The second-order valence-corrected chi connectivity index (χ2v) is 6.40. The van der Waals surface area contributed by atoms with Crippen LogP contribution in [-0.2, 0) is 6.42 Å². The van der Waals surface area contributed by atoms with Crippen molar-refractivity contribution in [3.05, 3.63) is 23.8 Å². The summed E-state index contributed by atoms with van der Waals surface area (Å²) in [6.45, 7) is 7.17. The number of likely N-dealkylation sites (tertiary alicyclic amines) is 1. The molecule has 0 aromatic heterocycles. The summed E-state index contributed by atoms with van der Waals surface area (Å²) in [6, 6.07) is 7.50. The lowest BCUT2D eigenvalue weighted by Gasteiger charge is -2.27.